The highest BCUT2D eigenvalue weighted by Gasteiger charge is 2.33. The minimum Gasteiger partial charge on any atom is -0.476 e. The lowest BCUT2D eigenvalue weighted by molar-refractivity contribution is -0.158. The van der Waals surface area contributed by atoms with Crippen molar-refractivity contribution >= 4 is 40.1 Å². The van der Waals surface area contributed by atoms with Crippen molar-refractivity contribution in [2.75, 3.05) is 6.61 Å². The summed E-state index contributed by atoms with van der Waals surface area (Å²) in [6, 6.07) is 8.97. The van der Waals surface area contributed by atoms with Crippen LogP contribution in [-0.4, -0.2) is 28.3 Å². The van der Waals surface area contributed by atoms with E-state index in [0.717, 1.165) is 28.1 Å². The van der Waals surface area contributed by atoms with E-state index in [2.05, 4.69) is 25.6 Å². The zero-order valence-corrected chi connectivity index (χ0v) is 24.3. The van der Waals surface area contributed by atoms with Crippen LogP contribution in [0, 0.1) is 0 Å². The molecule has 0 saturated heterocycles. The van der Waals surface area contributed by atoms with Crippen molar-refractivity contribution in [2.24, 2.45) is 0 Å². The third-order valence-corrected chi connectivity index (χ3v) is 6.82. The predicted molar refractivity (Wildman–Crippen MR) is 153 cm³/mol. The molecule has 0 fully saturated rings. The molecular weight excluding hydrogens is 539 g/mol. The molecule has 0 bridgehead atoms. The number of hydrogen-bond acceptors (Lipinski definition) is 7. The summed E-state index contributed by atoms with van der Waals surface area (Å²) in [6.45, 7) is 13.4. The summed E-state index contributed by atoms with van der Waals surface area (Å²) in [7, 11) is 0. The summed E-state index contributed by atoms with van der Waals surface area (Å²) >= 11 is 12.5. The van der Waals surface area contributed by atoms with Crippen LogP contribution >= 0.6 is 23.2 Å². The lowest BCUT2D eigenvalue weighted by Gasteiger charge is -2.25. The number of fused-ring (bicyclic) bond motifs is 1. The molecule has 9 heteroatoms. The van der Waals surface area contributed by atoms with Crippen molar-refractivity contribution in [2.45, 2.75) is 65.4 Å². The number of allylic oxidation sites excluding steroid dienone is 1. The molecule has 0 aliphatic carbocycles. The minimum atomic E-state index is -1.17. The van der Waals surface area contributed by atoms with Crippen LogP contribution < -0.4 is 4.74 Å². The summed E-state index contributed by atoms with van der Waals surface area (Å²) in [5.41, 5.74) is 2.50. The number of hydrogen-bond donors (Lipinski definition) is 0. The van der Waals surface area contributed by atoms with E-state index in [0.29, 0.717) is 52.1 Å². The monoisotopic (exact) mass is 570 g/mol. The molecule has 0 radical (unpaired) electrons. The van der Waals surface area contributed by atoms with Gasteiger partial charge in [0.15, 0.2) is 11.2 Å². The number of aromatic nitrogens is 2. The highest BCUT2D eigenvalue weighted by Crippen LogP contribution is 2.36. The Hall–Kier alpha value is -3.29. The fourth-order valence-electron chi connectivity index (χ4n) is 4.33. The van der Waals surface area contributed by atoms with Gasteiger partial charge in [-0.25, -0.2) is 9.78 Å². The minimum absolute atomic E-state index is 0.128. The van der Waals surface area contributed by atoms with Gasteiger partial charge in [-0.15, -0.1) is 6.58 Å². The SMILES string of the molecule is C=CCc1c(OC(C)(C)C(=O)OCC)ccc2c(CCc3nc(-c4ccc(Cl)cc4Cl)oc3C(C)C)noc12. The molecule has 206 valence electrons. The first-order valence-electron chi connectivity index (χ1n) is 12.9. The Bertz CT molecular complexity index is 1500. The molecule has 4 rings (SSSR count). The average molecular weight is 572 g/mol. The lowest BCUT2D eigenvalue weighted by atomic mass is 10.0. The quantitative estimate of drug-likeness (QED) is 0.133. The first kappa shape index (κ1) is 28.7. The van der Waals surface area contributed by atoms with Crippen LogP contribution in [0.3, 0.4) is 0 Å². The van der Waals surface area contributed by atoms with Gasteiger partial charge in [0.05, 0.1) is 28.6 Å². The zero-order chi connectivity index (χ0) is 28.3. The molecule has 4 aromatic rings. The Morgan fingerprint density at radius 2 is 1.90 bits per heavy atom. The number of halogens is 2. The third kappa shape index (κ3) is 6.15. The van der Waals surface area contributed by atoms with Gasteiger partial charge in [0.25, 0.3) is 0 Å². The number of rotatable bonds is 11. The Labute approximate surface area is 238 Å². The van der Waals surface area contributed by atoms with Crippen LogP contribution in [0.15, 0.2) is 51.9 Å². The Balaban J connectivity index is 1.63. The van der Waals surface area contributed by atoms with E-state index in [9.17, 15) is 4.79 Å². The smallest absolute Gasteiger partial charge is 0.349 e. The predicted octanol–water partition coefficient (Wildman–Crippen LogP) is 8.15. The van der Waals surface area contributed by atoms with Crippen LogP contribution in [0.4, 0.5) is 0 Å². The van der Waals surface area contributed by atoms with Gasteiger partial charge in [-0.3, -0.25) is 0 Å². The zero-order valence-electron chi connectivity index (χ0n) is 22.8. The van der Waals surface area contributed by atoms with Crippen LogP contribution in [-0.2, 0) is 28.8 Å². The van der Waals surface area contributed by atoms with Crippen molar-refractivity contribution in [1.82, 2.24) is 10.1 Å². The Morgan fingerprint density at radius 3 is 2.56 bits per heavy atom. The van der Waals surface area contributed by atoms with E-state index < -0.39 is 11.6 Å². The summed E-state index contributed by atoms with van der Waals surface area (Å²) < 4.78 is 23.2. The highest BCUT2D eigenvalue weighted by molar-refractivity contribution is 6.36. The first-order valence-corrected chi connectivity index (χ1v) is 13.6. The summed E-state index contributed by atoms with van der Waals surface area (Å²) in [5.74, 6) is 1.46. The summed E-state index contributed by atoms with van der Waals surface area (Å²) in [5, 5.41) is 6.26. The number of carbonyl (C=O) groups excluding carboxylic acids is 1. The maximum Gasteiger partial charge on any atom is 0.349 e. The molecule has 7 nitrogen and oxygen atoms in total. The van der Waals surface area contributed by atoms with Crippen LogP contribution in [0.25, 0.3) is 22.4 Å². The molecule has 2 aromatic carbocycles. The maximum atomic E-state index is 12.4. The number of ether oxygens (including phenoxy) is 2. The fraction of sp³-hybridized carbons (Fsp3) is 0.367. The van der Waals surface area contributed by atoms with Gasteiger partial charge >= 0.3 is 5.97 Å². The molecule has 0 saturated carbocycles. The van der Waals surface area contributed by atoms with Crippen LogP contribution in [0.5, 0.6) is 5.75 Å². The molecule has 39 heavy (non-hydrogen) atoms. The maximum absolute atomic E-state index is 12.4. The van der Waals surface area contributed by atoms with E-state index in [1.54, 1.807) is 45.0 Å². The highest BCUT2D eigenvalue weighted by atomic mass is 35.5. The van der Waals surface area contributed by atoms with Crippen molar-refractivity contribution in [3.8, 4) is 17.2 Å². The number of benzene rings is 2. The van der Waals surface area contributed by atoms with Crippen molar-refractivity contribution < 1.29 is 23.2 Å². The number of esters is 1. The van der Waals surface area contributed by atoms with E-state index in [1.165, 1.54) is 0 Å². The van der Waals surface area contributed by atoms with Gasteiger partial charge in [0, 0.05) is 21.9 Å². The Kier molecular flexibility index (Phi) is 8.72. The second kappa shape index (κ2) is 11.8. The van der Waals surface area contributed by atoms with Crippen molar-refractivity contribution in [3.05, 3.63) is 75.7 Å². The van der Waals surface area contributed by atoms with Gasteiger partial charge in [-0.05, 0) is 70.4 Å². The molecule has 0 unspecified atom stereocenters. The van der Waals surface area contributed by atoms with Crippen LogP contribution in [0.2, 0.25) is 10.0 Å². The molecule has 0 spiro atoms. The molecular formula is C30H32Cl2N2O5. The standard InChI is InChI=1S/C30H32Cl2N2O5/c1-7-9-21-25(38-30(5,6)29(35)36-8-2)15-12-20-23(34-39-27(20)21)13-14-24-26(17(3)4)37-28(33-24)19-11-10-18(31)16-22(19)32/h7,10-12,15-17H,1,8-9,13-14H2,2-6H3. The van der Waals surface area contributed by atoms with E-state index in [-0.39, 0.29) is 12.5 Å². The average Bonchev–Trinajstić information content (AvgIpc) is 3.48. The molecule has 0 N–H and O–H groups in total. The van der Waals surface area contributed by atoms with E-state index >= 15 is 0 Å². The molecule has 0 atom stereocenters. The van der Waals surface area contributed by atoms with Crippen LogP contribution in [0.1, 0.15) is 63.2 Å². The number of carbonyl (C=O) groups is 1. The van der Waals surface area contributed by atoms with Gasteiger partial charge in [-0.1, -0.05) is 48.3 Å². The second-order valence-corrected chi connectivity index (χ2v) is 10.8. The summed E-state index contributed by atoms with van der Waals surface area (Å²) in [6.07, 6.45) is 3.41. The molecule has 2 heterocycles. The molecule has 0 amide bonds. The number of oxazole rings is 1. The second-order valence-electron chi connectivity index (χ2n) is 9.98. The largest absolute Gasteiger partial charge is 0.476 e. The van der Waals surface area contributed by atoms with Gasteiger partial charge in [-0.2, -0.15) is 0 Å². The van der Waals surface area contributed by atoms with Gasteiger partial charge in [0.1, 0.15) is 11.5 Å². The molecule has 2 aromatic heterocycles. The molecule has 0 aliphatic heterocycles. The van der Waals surface area contributed by atoms with E-state index in [4.69, 9.17) is 46.6 Å². The van der Waals surface area contributed by atoms with Gasteiger partial charge < -0.3 is 18.4 Å². The number of nitrogens with zero attached hydrogens (tertiary/aromatic N) is 2. The topological polar surface area (TPSA) is 87.6 Å². The first-order chi connectivity index (χ1) is 18.6. The number of aryl methyl sites for hydroxylation is 2. The normalized spacial score (nSPS) is 11.8. The Morgan fingerprint density at radius 1 is 1.15 bits per heavy atom. The third-order valence-electron chi connectivity index (χ3n) is 6.27. The summed E-state index contributed by atoms with van der Waals surface area (Å²) in [4.78, 5) is 17.2. The molecule has 0 aliphatic rings. The fourth-order valence-corrected chi connectivity index (χ4v) is 4.82. The van der Waals surface area contributed by atoms with E-state index in [1.807, 2.05) is 12.1 Å². The van der Waals surface area contributed by atoms with Gasteiger partial charge in [0.2, 0.25) is 5.89 Å². The lowest BCUT2D eigenvalue weighted by Crippen LogP contribution is -2.40. The van der Waals surface area contributed by atoms with Crippen molar-refractivity contribution in [1.29, 1.82) is 0 Å². The van der Waals surface area contributed by atoms with Crippen molar-refractivity contribution in [3.63, 3.8) is 0 Å².